The van der Waals surface area contributed by atoms with Gasteiger partial charge in [0.1, 0.15) is 11.9 Å². The Kier molecular flexibility index (Phi) is 10.3. The van der Waals surface area contributed by atoms with Gasteiger partial charge in [0.15, 0.2) is 5.78 Å². The van der Waals surface area contributed by atoms with Gasteiger partial charge in [0.25, 0.3) is 0 Å². The molecule has 2 aromatic rings. The lowest BCUT2D eigenvalue weighted by Gasteiger charge is -2.45. The molecule has 234 valence electrons. The number of carbonyl (C=O) groups excluding carboxylic acids is 3. The van der Waals surface area contributed by atoms with Crippen molar-refractivity contribution in [2.75, 3.05) is 46.8 Å². The average Bonchev–Trinajstić information content (AvgIpc) is 3.47. The number of ketones is 1. The van der Waals surface area contributed by atoms with Crippen molar-refractivity contribution in [2.24, 2.45) is 17.6 Å². The summed E-state index contributed by atoms with van der Waals surface area (Å²) in [7, 11) is 3.92. The highest BCUT2D eigenvalue weighted by molar-refractivity contribution is 6.02. The topological polar surface area (TPSA) is 87.0 Å². The van der Waals surface area contributed by atoms with E-state index in [-0.39, 0.29) is 54.9 Å². The largest absolute Gasteiger partial charge is 0.408 e. The van der Waals surface area contributed by atoms with Gasteiger partial charge in [-0.3, -0.25) is 14.4 Å². The Morgan fingerprint density at radius 1 is 1.00 bits per heavy atom. The molecule has 0 radical (unpaired) electrons. The van der Waals surface area contributed by atoms with Crippen LogP contribution in [0, 0.1) is 24.6 Å². The third-order valence-corrected chi connectivity index (χ3v) is 8.77. The Labute approximate surface area is 250 Å². The first-order valence-electron chi connectivity index (χ1n) is 14.7. The molecule has 2 heterocycles. The average molecular weight is 605 g/mol. The number of nitrogens with two attached hydrogens (primary N) is 1. The molecule has 2 N–H and O–H groups in total. The van der Waals surface area contributed by atoms with Crippen LogP contribution in [0.2, 0.25) is 0 Å². The van der Waals surface area contributed by atoms with Crippen molar-refractivity contribution in [3.8, 4) is 0 Å². The molecule has 7 nitrogen and oxygen atoms in total. The zero-order valence-electron chi connectivity index (χ0n) is 24.9. The molecule has 11 heteroatoms. The Morgan fingerprint density at radius 2 is 1.67 bits per heavy atom. The van der Waals surface area contributed by atoms with E-state index in [1.807, 2.05) is 23.9 Å². The maximum Gasteiger partial charge on any atom is 0.408 e. The van der Waals surface area contributed by atoms with Crippen LogP contribution < -0.4 is 5.73 Å². The van der Waals surface area contributed by atoms with E-state index in [4.69, 9.17) is 5.73 Å². The van der Waals surface area contributed by atoms with Gasteiger partial charge in [-0.1, -0.05) is 24.3 Å². The highest BCUT2D eigenvalue weighted by Gasteiger charge is 2.52. The smallest absolute Gasteiger partial charge is 0.366 e. The number of primary amides is 1. The van der Waals surface area contributed by atoms with Gasteiger partial charge in [0, 0.05) is 42.6 Å². The van der Waals surface area contributed by atoms with Gasteiger partial charge >= 0.3 is 6.18 Å². The van der Waals surface area contributed by atoms with Crippen LogP contribution >= 0.6 is 0 Å². The summed E-state index contributed by atoms with van der Waals surface area (Å²) in [5, 5.41) is 0. The highest BCUT2D eigenvalue weighted by atomic mass is 19.4. The van der Waals surface area contributed by atoms with Gasteiger partial charge < -0.3 is 20.4 Å². The van der Waals surface area contributed by atoms with Crippen molar-refractivity contribution in [3.05, 3.63) is 70.5 Å². The maximum absolute atomic E-state index is 14.9. The van der Waals surface area contributed by atoms with Gasteiger partial charge in [-0.05, 0) is 89.1 Å². The molecule has 2 aromatic carbocycles. The molecule has 43 heavy (non-hydrogen) atoms. The highest BCUT2D eigenvalue weighted by Crippen LogP contribution is 2.44. The predicted molar refractivity (Wildman–Crippen MR) is 155 cm³/mol. The summed E-state index contributed by atoms with van der Waals surface area (Å²) in [6.45, 7) is 3.28. The molecule has 4 rings (SSSR count). The lowest BCUT2D eigenvalue weighted by atomic mass is 9.69. The minimum Gasteiger partial charge on any atom is -0.366 e. The molecule has 0 aliphatic carbocycles. The summed E-state index contributed by atoms with van der Waals surface area (Å²) in [4.78, 5) is 45.2. The molecule has 0 saturated carbocycles. The number of halogens is 4. The van der Waals surface area contributed by atoms with Crippen molar-refractivity contribution in [3.63, 3.8) is 0 Å². The second kappa shape index (κ2) is 13.5. The minimum absolute atomic E-state index is 0.0313. The lowest BCUT2D eigenvalue weighted by molar-refractivity contribution is -0.185. The fourth-order valence-electron chi connectivity index (χ4n) is 6.60. The first-order valence-corrected chi connectivity index (χ1v) is 14.7. The first-order chi connectivity index (χ1) is 20.3. The monoisotopic (exact) mass is 604 g/mol. The van der Waals surface area contributed by atoms with Crippen LogP contribution in [0.25, 0.3) is 0 Å². The van der Waals surface area contributed by atoms with E-state index in [2.05, 4.69) is 0 Å². The van der Waals surface area contributed by atoms with Gasteiger partial charge in [0.2, 0.25) is 11.8 Å². The summed E-state index contributed by atoms with van der Waals surface area (Å²) in [6, 6.07) is 8.51. The fraction of sp³-hybridized carbons (Fsp3) is 0.531. The molecular weight excluding hydrogens is 564 g/mol. The number of hydrogen-bond acceptors (Lipinski definition) is 5. The van der Waals surface area contributed by atoms with E-state index in [1.165, 1.54) is 24.3 Å². The molecule has 0 aromatic heterocycles. The summed E-state index contributed by atoms with van der Waals surface area (Å²) >= 11 is 0. The molecular formula is C32H40F4N4O3. The summed E-state index contributed by atoms with van der Waals surface area (Å²) in [6.07, 6.45) is -2.92. The van der Waals surface area contributed by atoms with Crippen LogP contribution in [-0.4, -0.2) is 91.3 Å². The second-order valence-corrected chi connectivity index (χ2v) is 12.0. The van der Waals surface area contributed by atoms with Crippen molar-refractivity contribution in [2.45, 2.75) is 50.7 Å². The van der Waals surface area contributed by atoms with Crippen molar-refractivity contribution in [1.29, 1.82) is 0 Å². The first kappa shape index (κ1) is 32.6. The number of nitrogens with zero attached hydrogens (tertiary/aromatic N) is 3. The second-order valence-electron chi connectivity index (χ2n) is 12.0. The summed E-state index contributed by atoms with van der Waals surface area (Å²) < 4.78 is 56.9. The number of alkyl halides is 3. The Bertz CT molecular complexity index is 1330. The van der Waals surface area contributed by atoms with E-state index in [1.54, 1.807) is 25.1 Å². The fourth-order valence-corrected chi connectivity index (χ4v) is 6.60. The van der Waals surface area contributed by atoms with Crippen LogP contribution in [0.3, 0.4) is 0 Å². The van der Waals surface area contributed by atoms with Crippen LogP contribution in [0.15, 0.2) is 42.5 Å². The third-order valence-electron chi connectivity index (χ3n) is 8.77. The van der Waals surface area contributed by atoms with Crippen molar-refractivity contribution in [1.82, 2.24) is 14.7 Å². The van der Waals surface area contributed by atoms with Crippen LogP contribution in [-0.2, 0) is 4.79 Å². The molecule has 2 fully saturated rings. The number of piperidine rings is 1. The number of carbonyl (C=O) groups is 3. The quantitative estimate of drug-likeness (QED) is 0.243. The molecule has 0 unspecified atom stereocenters. The Balaban J connectivity index is 1.80. The van der Waals surface area contributed by atoms with Gasteiger partial charge in [-0.2, -0.15) is 13.2 Å². The number of amides is 2. The van der Waals surface area contributed by atoms with E-state index in [9.17, 15) is 31.9 Å². The summed E-state index contributed by atoms with van der Waals surface area (Å²) in [5.41, 5.74) is 6.48. The van der Waals surface area contributed by atoms with Gasteiger partial charge in [0.05, 0.1) is 5.92 Å². The third kappa shape index (κ3) is 7.44. The maximum atomic E-state index is 14.9. The van der Waals surface area contributed by atoms with Crippen LogP contribution in [0.1, 0.15) is 63.4 Å². The van der Waals surface area contributed by atoms with Gasteiger partial charge in [-0.25, -0.2) is 4.39 Å². The molecule has 2 aliphatic rings. The number of benzene rings is 2. The normalized spacial score (nSPS) is 23.1. The molecule has 0 spiro atoms. The Morgan fingerprint density at radius 3 is 2.35 bits per heavy atom. The van der Waals surface area contributed by atoms with Crippen LogP contribution in [0.5, 0.6) is 0 Å². The zero-order valence-corrected chi connectivity index (χ0v) is 24.9. The van der Waals surface area contributed by atoms with Crippen molar-refractivity contribution < 1.29 is 31.9 Å². The number of rotatable bonds is 10. The molecule has 0 bridgehead atoms. The zero-order chi connectivity index (χ0) is 31.5. The van der Waals surface area contributed by atoms with E-state index in [0.29, 0.717) is 12.1 Å². The van der Waals surface area contributed by atoms with Gasteiger partial charge in [-0.15, -0.1) is 0 Å². The number of likely N-dealkylation sites (tertiary alicyclic amines) is 2. The predicted octanol–water partition coefficient (Wildman–Crippen LogP) is 4.64. The van der Waals surface area contributed by atoms with Crippen molar-refractivity contribution >= 4 is 17.6 Å². The summed E-state index contributed by atoms with van der Waals surface area (Å²) in [5.74, 6) is -5.05. The molecule has 4 atom stereocenters. The minimum atomic E-state index is -4.58. The molecule has 2 aliphatic heterocycles. The molecule has 2 amide bonds. The standard InChI is InChI=1S/C32H40F4N4O3/c1-20-23(11-7-12-26(20)33)28-24(29(41)21-9-6-10-22(17-21)30(37)42)18-39(15-5-4-14-38(2)3)19-25(28)31(43)40-16-8-13-27(40)32(34,35)36/h6-7,9-12,17,24-25,27-28H,4-5,8,13-16,18-19H2,1-3H3,(H2,37,42)/t24-,25+,27-,28+/m0/s1. The SMILES string of the molecule is Cc1c(F)cccc1[C@@H]1[C@@H](C(=O)c2cccc(C(N)=O)c2)CN(CCCCN(C)C)C[C@H]1C(=O)N1CCC[C@H]1C(F)(F)F. The van der Waals surface area contributed by atoms with E-state index < -0.39 is 47.6 Å². The lowest BCUT2D eigenvalue weighted by Crippen LogP contribution is -2.55. The molecule has 2 saturated heterocycles. The number of unbranched alkanes of at least 4 members (excludes halogenated alkanes) is 1. The number of hydrogen-bond donors (Lipinski definition) is 1. The number of Topliss-reactive ketones (excluding diaryl/α,β-unsaturated/α-hetero) is 1. The van der Waals surface area contributed by atoms with E-state index >= 15 is 0 Å². The van der Waals surface area contributed by atoms with E-state index in [0.717, 1.165) is 24.3 Å². The van der Waals surface area contributed by atoms with Crippen LogP contribution in [0.4, 0.5) is 17.6 Å². The Hall–Kier alpha value is -3.31.